The van der Waals surface area contributed by atoms with E-state index < -0.39 is 12.1 Å². The van der Waals surface area contributed by atoms with Gasteiger partial charge in [0.2, 0.25) is 6.10 Å². The highest BCUT2D eigenvalue weighted by atomic mass is 16.5. The van der Waals surface area contributed by atoms with Crippen molar-refractivity contribution in [2.45, 2.75) is 57.1 Å². The highest BCUT2D eigenvalue weighted by Crippen LogP contribution is 2.25. The van der Waals surface area contributed by atoms with Crippen LogP contribution in [0, 0.1) is 0 Å². The predicted octanol–water partition coefficient (Wildman–Crippen LogP) is 3.70. The summed E-state index contributed by atoms with van der Waals surface area (Å²) in [5, 5.41) is 2.89. The van der Waals surface area contributed by atoms with Crippen molar-refractivity contribution in [1.82, 2.24) is 5.32 Å². The summed E-state index contributed by atoms with van der Waals surface area (Å²) in [6.07, 6.45) is 4.15. The fourth-order valence-electron chi connectivity index (χ4n) is 3.70. The summed E-state index contributed by atoms with van der Waals surface area (Å²) >= 11 is 0. The molecule has 29 heavy (non-hydrogen) atoms. The second-order valence-corrected chi connectivity index (χ2v) is 7.82. The Hall–Kier alpha value is -2.95. The minimum Gasteiger partial charge on any atom is -0.447 e. The largest absolute Gasteiger partial charge is 0.447 e. The number of Topliss-reactive ketones (excluding diaryl/α,β-unsaturated/α-hetero) is 1. The van der Waals surface area contributed by atoms with Crippen molar-refractivity contribution in [3.05, 3.63) is 70.8 Å². The predicted molar refractivity (Wildman–Crippen MR) is 108 cm³/mol. The molecule has 1 amide bonds. The summed E-state index contributed by atoms with van der Waals surface area (Å²) in [5.74, 6) is -0.924. The lowest BCUT2D eigenvalue weighted by Crippen LogP contribution is -2.33. The van der Waals surface area contributed by atoms with Crippen LogP contribution in [0.3, 0.4) is 0 Å². The molecule has 2 aliphatic carbocycles. The fraction of sp³-hybridized carbons (Fsp3) is 0.375. The molecule has 5 heteroatoms. The number of ketones is 1. The molecular weight excluding hydrogens is 366 g/mol. The highest BCUT2D eigenvalue weighted by Gasteiger charge is 2.30. The van der Waals surface area contributed by atoms with Gasteiger partial charge in [-0.05, 0) is 49.3 Å². The van der Waals surface area contributed by atoms with E-state index in [9.17, 15) is 14.4 Å². The minimum absolute atomic E-state index is 0.0457. The van der Waals surface area contributed by atoms with Crippen molar-refractivity contribution >= 4 is 17.7 Å². The van der Waals surface area contributed by atoms with Crippen molar-refractivity contribution in [1.29, 1.82) is 0 Å². The Morgan fingerprint density at radius 3 is 2.48 bits per heavy atom. The van der Waals surface area contributed by atoms with Gasteiger partial charge in [0.05, 0.1) is 6.42 Å². The van der Waals surface area contributed by atoms with Crippen LogP contribution in [-0.4, -0.2) is 23.7 Å². The van der Waals surface area contributed by atoms with Gasteiger partial charge in [0.25, 0.3) is 5.91 Å². The first kappa shape index (κ1) is 19.4. The number of amides is 1. The van der Waals surface area contributed by atoms with E-state index in [2.05, 4.69) is 5.32 Å². The lowest BCUT2D eigenvalue weighted by Gasteiger charge is -2.18. The third-order valence-electron chi connectivity index (χ3n) is 5.49. The standard InChI is InChI=1S/C24H25NO4/c26-21(19-10-9-16-7-4-8-18(16)15-19)13-14-22(27)29-23(17-5-2-1-3-6-17)24(28)25-20-11-12-20/h1-3,5-6,9-10,15,20,23H,4,7-8,11-14H2,(H,25,28)/t23-/m0/s1. The molecule has 5 nitrogen and oxygen atoms in total. The van der Waals surface area contributed by atoms with Gasteiger partial charge in [0.15, 0.2) is 5.78 Å². The molecule has 0 heterocycles. The fourth-order valence-corrected chi connectivity index (χ4v) is 3.70. The summed E-state index contributed by atoms with van der Waals surface area (Å²) in [7, 11) is 0. The number of rotatable bonds is 8. The van der Waals surface area contributed by atoms with E-state index in [1.54, 1.807) is 24.3 Å². The highest BCUT2D eigenvalue weighted by molar-refractivity contribution is 5.98. The molecule has 0 radical (unpaired) electrons. The molecule has 150 valence electrons. The van der Waals surface area contributed by atoms with Gasteiger partial charge in [-0.2, -0.15) is 0 Å². The number of fused-ring (bicyclic) bond motifs is 1. The molecular formula is C24H25NO4. The van der Waals surface area contributed by atoms with Crippen LogP contribution in [0.25, 0.3) is 0 Å². The first-order valence-electron chi connectivity index (χ1n) is 10.3. The Bertz CT molecular complexity index is 918. The lowest BCUT2D eigenvalue weighted by atomic mass is 10.0. The van der Waals surface area contributed by atoms with Gasteiger partial charge in [-0.1, -0.05) is 42.5 Å². The molecule has 1 saturated carbocycles. The van der Waals surface area contributed by atoms with E-state index >= 15 is 0 Å². The van der Waals surface area contributed by atoms with Crippen molar-refractivity contribution in [3.63, 3.8) is 0 Å². The normalized spacial score (nSPS) is 16.0. The molecule has 2 aliphatic rings. The summed E-state index contributed by atoms with van der Waals surface area (Å²) in [5.41, 5.74) is 3.82. The number of aryl methyl sites for hydroxylation is 2. The van der Waals surface area contributed by atoms with Crippen LogP contribution in [0.1, 0.15) is 65.3 Å². The van der Waals surface area contributed by atoms with Crippen molar-refractivity contribution < 1.29 is 19.1 Å². The monoisotopic (exact) mass is 391 g/mol. The molecule has 0 unspecified atom stereocenters. The van der Waals surface area contributed by atoms with Gasteiger partial charge in [0, 0.05) is 23.6 Å². The second-order valence-electron chi connectivity index (χ2n) is 7.82. The Morgan fingerprint density at radius 1 is 0.966 bits per heavy atom. The number of esters is 1. The number of hydrogen-bond acceptors (Lipinski definition) is 4. The third kappa shape index (κ3) is 4.91. The van der Waals surface area contributed by atoms with Crippen LogP contribution >= 0.6 is 0 Å². The van der Waals surface area contributed by atoms with Gasteiger partial charge >= 0.3 is 5.97 Å². The SMILES string of the molecule is O=C(CCC(=O)c1ccc2c(c1)CCC2)O[C@H](C(=O)NC1CC1)c1ccccc1. The first-order valence-corrected chi connectivity index (χ1v) is 10.3. The van der Waals surface area contributed by atoms with Crippen LogP contribution in [0.4, 0.5) is 0 Å². The molecule has 1 atom stereocenters. The van der Waals surface area contributed by atoms with E-state index in [4.69, 9.17) is 4.74 Å². The van der Waals surface area contributed by atoms with Crippen LogP contribution in [0.5, 0.6) is 0 Å². The van der Waals surface area contributed by atoms with E-state index in [1.165, 1.54) is 11.1 Å². The van der Waals surface area contributed by atoms with Gasteiger partial charge in [-0.3, -0.25) is 14.4 Å². The molecule has 0 saturated heterocycles. The second kappa shape index (κ2) is 8.60. The van der Waals surface area contributed by atoms with E-state index in [1.807, 2.05) is 24.3 Å². The van der Waals surface area contributed by atoms with Crippen LogP contribution in [0.2, 0.25) is 0 Å². The topological polar surface area (TPSA) is 72.5 Å². The number of nitrogens with one attached hydrogen (secondary N) is 1. The average Bonchev–Trinajstić information content (AvgIpc) is 3.43. The summed E-state index contributed by atoms with van der Waals surface area (Å²) in [4.78, 5) is 37.4. The number of ether oxygens (including phenoxy) is 1. The molecule has 0 bridgehead atoms. The van der Waals surface area contributed by atoms with Crippen molar-refractivity contribution in [2.24, 2.45) is 0 Å². The number of carbonyl (C=O) groups excluding carboxylic acids is 3. The zero-order valence-corrected chi connectivity index (χ0v) is 16.4. The van der Waals surface area contributed by atoms with E-state index in [-0.39, 0.29) is 30.6 Å². The summed E-state index contributed by atoms with van der Waals surface area (Å²) < 4.78 is 5.48. The van der Waals surface area contributed by atoms with Gasteiger partial charge in [-0.15, -0.1) is 0 Å². The first-order chi connectivity index (χ1) is 14.1. The molecule has 0 aromatic heterocycles. The zero-order chi connectivity index (χ0) is 20.2. The summed E-state index contributed by atoms with van der Waals surface area (Å²) in [6.45, 7) is 0. The molecule has 0 spiro atoms. The summed E-state index contributed by atoms with van der Waals surface area (Å²) in [6, 6.07) is 15.0. The molecule has 4 rings (SSSR count). The third-order valence-corrected chi connectivity index (χ3v) is 5.49. The maximum Gasteiger partial charge on any atom is 0.307 e. The lowest BCUT2D eigenvalue weighted by molar-refractivity contribution is -0.156. The number of hydrogen-bond donors (Lipinski definition) is 1. The molecule has 2 aromatic rings. The smallest absolute Gasteiger partial charge is 0.307 e. The average molecular weight is 391 g/mol. The number of carbonyl (C=O) groups is 3. The molecule has 2 aromatic carbocycles. The Kier molecular flexibility index (Phi) is 5.74. The molecule has 1 fully saturated rings. The van der Waals surface area contributed by atoms with Gasteiger partial charge in [0.1, 0.15) is 0 Å². The maximum atomic E-state index is 12.5. The number of benzene rings is 2. The van der Waals surface area contributed by atoms with Gasteiger partial charge < -0.3 is 10.1 Å². The van der Waals surface area contributed by atoms with E-state index in [0.717, 1.165) is 32.1 Å². The quantitative estimate of drug-likeness (QED) is 0.550. The van der Waals surface area contributed by atoms with Crippen LogP contribution < -0.4 is 5.32 Å². The van der Waals surface area contributed by atoms with Crippen molar-refractivity contribution in [3.8, 4) is 0 Å². The zero-order valence-electron chi connectivity index (χ0n) is 16.4. The van der Waals surface area contributed by atoms with Crippen LogP contribution in [0.15, 0.2) is 48.5 Å². The van der Waals surface area contributed by atoms with Gasteiger partial charge in [-0.25, -0.2) is 0 Å². The van der Waals surface area contributed by atoms with Crippen molar-refractivity contribution in [2.75, 3.05) is 0 Å². The molecule has 1 N–H and O–H groups in total. The Balaban J connectivity index is 1.36. The minimum atomic E-state index is -0.987. The Morgan fingerprint density at radius 2 is 1.72 bits per heavy atom. The molecule has 0 aliphatic heterocycles. The Labute approximate surface area is 170 Å². The van der Waals surface area contributed by atoms with Crippen LogP contribution in [-0.2, 0) is 27.2 Å². The van der Waals surface area contributed by atoms with E-state index in [0.29, 0.717) is 11.1 Å². The maximum absolute atomic E-state index is 12.5.